The van der Waals surface area contributed by atoms with E-state index < -0.39 is 0 Å². The molecule has 1 saturated heterocycles. The summed E-state index contributed by atoms with van der Waals surface area (Å²) in [5, 5.41) is 3.52. The van der Waals surface area contributed by atoms with E-state index in [0.29, 0.717) is 6.04 Å². The summed E-state index contributed by atoms with van der Waals surface area (Å²) >= 11 is 0. The largest absolute Gasteiger partial charge is 0.313 e. The standard InChI is InChI=1S/C13H20N2/c1-12-10-15(9-5-8-14-12)11-13-6-3-2-4-7-13/h2-4,6-7,12,14H,5,8-11H2,1H3/t12-/m0/s1. The molecule has 2 heteroatoms. The van der Waals surface area contributed by atoms with Gasteiger partial charge in [0.2, 0.25) is 0 Å². The van der Waals surface area contributed by atoms with Gasteiger partial charge in [0, 0.05) is 19.1 Å². The Labute approximate surface area is 92.3 Å². The SMILES string of the molecule is C[C@H]1CN(Cc2ccccc2)CCCN1. The second kappa shape index (κ2) is 5.29. The molecule has 1 aromatic carbocycles. The number of nitrogens with one attached hydrogen (secondary N) is 1. The number of hydrogen-bond acceptors (Lipinski definition) is 2. The highest BCUT2D eigenvalue weighted by atomic mass is 15.2. The third-order valence-corrected chi connectivity index (χ3v) is 2.92. The maximum atomic E-state index is 3.52. The lowest BCUT2D eigenvalue weighted by atomic mass is 10.2. The molecule has 2 nitrogen and oxygen atoms in total. The zero-order chi connectivity index (χ0) is 10.5. The van der Waals surface area contributed by atoms with E-state index in [9.17, 15) is 0 Å². The van der Waals surface area contributed by atoms with Gasteiger partial charge in [0.15, 0.2) is 0 Å². The van der Waals surface area contributed by atoms with E-state index in [1.807, 2.05) is 0 Å². The van der Waals surface area contributed by atoms with Gasteiger partial charge in [-0.25, -0.2) is 0 Å². The van der Waals surface area contributed by atoms with Crippen LogP contribution in [0.2, 0.25) is 0 Å². The minimum absolute atomic E-state index is 0.621. The molecular formula is C13H20N2. The predicted octanol–water partition coefficient (Wildman–Crippen LogP) is 1.87. The summed E-state index contributed by atoms with van der Waals surface area (Å²) in [6.45, 7) is 6.89. The molecule has 1 aromatic rings. The highest BCUT2D eigenvalue weighted by Crippen LogP contribution is 2.07. The molecule has 1 fully saturated rings. The van der Waals surface area contributed by atoms with Crippen molar-refractivity contribution in [1.29, 1.82) is 0 Å². The molecule has 0 radical (unpaired) electrons. The number of hydrogen-bond donors (Lipinski definition) is 1. The molecule has 0 aliphatic carbocycles. The van der Waals surface area contributed by atoms with Gasteiger partial charge in [-0.05, 0) is 32.0 Å². The third kappa shape index (κ3) is 3.33. The second-order valence-corrected chi connectivity index (χ2v) is 4.43. The van der Waals surface area contributed by atoms with Crippen LogP contribution in [0.5, 0.6) is 0 Å². The van der Waals surface area contributed by atoms with Gasteiger partial charge >= 0.3 is 0 Å². The zero-order valence-electron chi connectivity index (χ0n) is 9.45. The Bertz CT molecular complexity index is 284. The van der Waals surface area contributed by atoms with Crippen molar-refractivity contribution in [3.05, 3.63) is 35.9 Å². The molecule has 1 aliphatic heterocycles. The molecule has 1 N–H and O–H groups in total. The third-order valence-electron chi connectivity index (χ3n) is 2.92. The van der Waals surface area contributed by atoms with Crippen LogP contribution in [-0.2, 0) is 6.54 Å². The molecular weight excluding hydrogens is 184 g/mol. The van der Waals surface area contributed by atoms with Gasteiger partial charge < -0.3 is 5.32 Å². The topological polar surface area (TPSA) is 15.3 Å². The van der Waals surface area contributed by atoms with E-state index in [-0.39, 0.29) is 0 Å². The molecule has 2 rings (SSSR count). The van der Waals surface area contributed by atoms with Crippen LogP contribution in [0.15, 0.2) is 30.3 Å². The van der Waals surface area contributed by atoms with Crippen LogP contribution in [0.4, 0.5) is 0 Å². The van der Waals surface area contributed by atoms with Crippen LogP contribution in [-0.4, -0.2) is 30.6 Å². The Morgan fingerprint density at radius 1 is 1.33 bits per heavy atom. The summed E-state index contributed by atoms with van der Waals surface area (Å²) in [5.74, 6) is 0. The molecule has 0 aromatic heterocycles. The first-order valence-electron chi connectivity index (χ1n) is 5.84. The van der Waals surface area contributed by atoms with Gasteiger partial charge in [-0.2, -0.15) is 0 Å². The lowest BCUT2D eigenvalue weighted by Gasteiger charge is -2.22. The molecule has 0 saturated carbocycles. The van der Waals surface area contributed by atoms with Crippen LogP contribution in [0, 0.1) is 0 Å². The first-order chi connectivity index (χ1) is 7.34. The molecule has 0 bridgehead atoms. The van der Waals surface area contributed by atoms with Crippen LogP contribution < -0.4 is 5.32 Å². The maximum absolute atomic E-state index is 3.52. The number of rotatable bonds is 2. The van der Waals surface area contributed by atoms with E-state index >= 15 is 0 Å². The van der Waals surface area contributed by atoms with Gasteiger partial charge in [-0.1, -0.05) is 30.3 Å². The Morgan fingerprint density at radius 2 is 2.13 bits per heavy atom. The fourth-order valence-corrected chi connectivity index (χ4v) is 2.18. The fraction of sp³-hybridized carbons (Fsp3) is 0.538. The average molecular weight is 204 g/mol. The average Bonchev–Trinajstić information content (AvgIpc) is 2.44. The lowest BCUT2D eigenvalue weighted by Crippen LogP contribution is -2.34. The van der Waals surface area contributed by atoms with Crippen LogP contribution in [0.1, 0.15) is 18.9 Å². The molecule has 82 valence electrons. The highest BCUT2D eigenvalue weighted by Gasteiger charge is 2.13. The summed E-state index contributed by atoms with van der Waals surface area (Å²) in [7, 11) is 0. The molecule has 15 heavy (non-hydrogen) atoms. The van der Waals surface area contributed by atoms with Gasteiger partial charge in [0.25, 0.3) is 0 Å². The minimum Gasteiger partial charge on any atom is -0.313 e. The number of benzene rings is 1. The van der Waals surface area contributed by atoms with E-state index in [4.69, 9.17) is 0 Å². The summed E-state index contributed by atoms with van der Waals surface area (Å²) in [6, 6.07) is 11.4. The molecule has 0 unspecified atom stereocenters. The Hall–Kier alpha value is -0.860. The van der Waals surface area contributed by atoms with Gasteiger partial charge in [-0.15, -0.1) is 0 Å². The quantitative estimate of drug-likeness (QED) is 0.791. The second-order valence-electron chi connectivity index (χ2n) is 4.43. The van der Waals surface area contributed by atoms with Crippen molar-refractivity contribution in [1.82, 2.24) is 10.2 Å². The molecule has 1 heterocycles. The first-order valence-corrected chi connectivity index (χ1v) is 5.84. The van der Waals surface area contributed by atoms with Gasteiger partial charge in [-0.3, -0.25) is 4.90 Å². The monoisotopic (exact) mass is 204 g/mol. The van der Waals surface area contributed by atoms with Crippen molar-refractivity contribution in [2.75, 3.05) is 19.6 Å². The van der Waals surface area contributed by atoms with Crippen molar-refractivity contribution in [2.24, 2.45) is 0 Å². The van der Waals surface area contributed by atoms with Crippen molar-refractivity contribution < 1.29 is 0 Å². The zero-order valence-corrected chi connectivity index (χ0v) is 9.45. The number of nitrogens with zero attached hydrogens (tertiary/aromatic N) is 1. The van der Waals surface area contributed by atoms with Crippen molar-refractivity contribution in [3.8, 4) is 0 Å². The summed E-state index contributed by atoms with van der Waals surface area (Å²) in [5.41, 5.74) is 1.42. The summed E-state index contributed by atoms with van der Waals surface area (Å²) in [6.07, 6.45) is 1.26. The normalized spacial score (nSPS) is 23.7. The van der Waals surface area contributed by atoms with Crippen molar-refractivity contribution >= 4 is 0 Å². The first kappa shape index (κ1) is 10.7. The van der Waals surface area contributed by atoms with Crippen molar-refractivity contribution in [2.45, 2.75) is 25.9 Å². The van der Waals surface area contributed by atoms with Gasteiger partial charge in [0.05, 0.1) is 0 Å². The van der Waals surface area contributed by atoms with E-state index in [0.717, 1.165) is 19.6 Å². The van der Waals surface area contributed by atoms with Gasteiger partial charge in [0.1, 0.15) is 0 Å². The Morgan fingerprint density at radius 3 is 2.93 bits per heavy atom. The molecule has 1 aliphatic rings. The van der Waals surface area contributed by atoms with E-state index in [2.05, 4.69) is 47.5 Å². The fourth-order valence-electron chi connectivity index (χ4n) is 2.18. The van der Waals surface area contributed by atoms with E-state index in [1.165, 1.54) is 18.5 Å². The minimum atomic E-state index is 0.621. The highest BCUT2D eigenvalue weighted by molar-refractivity contribution is 5.14. The molecule has 1 atom stereocenters. The van der Waals surface area contributed by atoms with Crippen LogP contribution >= 0.6 is 0 Å². The van der Waals surface area contributed by atoms with Crippen LogP contribution in [0.25, 0.3) is 0 Å². The van der Waals surface area contributed by atoms with Crippen molar-refractivity contribution in [3.63, 3.8) is 0 Å². The van der Waals surface area contributed by atoms with E-state index in [1.54, 1.807) is 0 Å². The maximum Gasteiger partial charge on any atom is 0.0234 e. The summed E-state index contributed by atoms with van der Waals surface area (Å²) < 4.78 is 0. The molecule has 0 spiro atoms. The Balaban J connectivity index is 1.93. The predicted molar refractivity (Wildman–Crippen MR) is 63.8 cm³/mol. The van der Waals surface area contributed by atoms with Crippen LogP contribution in [0.3, 0.4) is 0 Å². The summed E-state index contributed by atoms with van der Waals surface area (Å²) in [4.78, 5) is 2.54. The Kier molecular flexibility index (Phi) is 3.75. The molecule has 0 amide bonds. The lowest BCUT2D eigenvalue weighted by molar-refractivity contribution is 0.265. The smallest absolute Gasteiger partial charge is 0.0234 e.